The predicted molar refractivity (Wildman–Crippen MR) is 81.4 cm³/mol. The number of nitrogens with zero attached hydrogens (tertiary/aromatic N) is 2. The van der Waals surface area contributed by atoms with Crippen molar-refractivity contribution in [3.05, 3.63) is 40.3 Å². The highest BCUT2D eigenvalue weighted by molar-refractivity contribution is 5.88. The van der Waals surface area contributed by atoms with E-state index in [2.05, 4.69) is 10.2 Å². The van der Waals surface area contributed by atoms with Crippen molar-refractivity contribution in [2.75, 3.05) is 13.1 Å². The number of hydrogen-bond donors (Lipinski definition) is 1. The number of piperidine rings is 1. The molecule has 0 aliphatic carbocycles. The summed E-state index contributed by atoms with van der Waals surface area (Å²) in [5.41, 5.74) is 0.137. The van der Waals surface area contributed by atoms with E-state index in [4.69, 9.17) is 0 Å². The summed E-state index contributed by atoms with van der Waals surface area (Å²) < 4.78 is 27.0. The normalized spacial score (nSPS) is 20.7. The number of likely N-dealkylation sites (tertiary alicyclic amines) is 1. The van der Waals surface area contributed by atoms with Gasteiger partial charge < -0.3 is 4.90 Å². The van der Waals surface area contributed by atoms with E-state index in [1.54, 1.807) is 24.3 Å². The van der Waals surface area contributed by atoms with Crippen molar-refractivity contribution in [3.8, 4) is 0 Å². The van der Waals surface area contributed by atoms with E-state index in [0.29, 0.717) is 16.5 Å². The number of alkyl halides is 2. The molecule has 122 valence electrons. The molecule has 3 rings (SSSR count). The van der Waals surface area contributed by atoms with Crippen molar-refractivity contribution in [3.63, 3.8) is 0 Å². The Bertz CT molecular complexity index is 803. The number of fused-ring (bicyclic) bond motifs is 1. The quantitative estimate of drug-likeness (QED) is 0.919. The molecular formula is C16H17F2N3O2. The lowest BCUT2D eigenvalue weighted by atomic mass is 9.95. The highest BCUT2D eigenvalue weighted by Gasteiger charge is 2.42. The molecule has 1 N–H and O–H groups in total. The second-order valence-electron chi connectivity index (χ2n) is 5.97. The van der Waals surface area contributed by atoms with Crippen molar-refractivity contribution in [1.82, 2.24) is 15.1 Å². The first-order valence-corrected chi connectivity index (χ1v) is 7.50. The molecule has 23 heavy (non-hydrogen) atoms. The maximum atomic E-state index is 13.5. The van der Waals surface area contributed by atoms with Gasteiger partial charge in [0.2, 0.25) is 5.91 Å². The molecule has 7 heteroatoms. The van der Waals surface area contributed by atoms with Gasteiger partial charge in [0.1, 0.15) is 0 Å². The van der Waals surface area contributed by atoms with Gasteiger partial charge in [-0.2, -0.15) is 5.10 Å². The van der Waals surface area contributed by atoms with Gasteiger partial charge in [-0.25, -0.2) is 13.9 Å². The third-order valence-electron chi connectivity index (χ3n) is 4.38. The molecule has 1 unspecified atom stereocenters. The lowest BCUT2D eigenvalue weighted by molar-refractivity contribution is -0.143. The van der Waals surface area contributed by atoms with Gasteiger partial charge in [0.05, 0.1) is 17.5 Å². The fourth-order valence-corrected chi connectivity index (χ4v) is 2.87. The molecule has 1 aromatic heterocycles. The second-order valence-corrected chi connectivity index (χ2v) is 5.97. The van der Waals surface area contributed by atoms with Crippen LogP contribution in [0.25, 0.3) is 10.8 Å². The number of aromatic amines is 1. The van der Waals surface area contributed by atoms with Crippen LogP contribution in [0, 0.1) is 5.92 Å². The molecule has 2 heterocycles. The number of benzene rings is 1. The van der Waals surface area contributed by atoms with Crippen LogP contribution in [0.4, 0.5) is 8.78 Å². The molecule has 1 amide bonds. The van der Waals surface area contributed by atoms with Crippen molar-refractivity contribution >= 4 is 16.7 Å². The molecule has 1 aliphatic heterocycles. The molecule has 5 nitrogen and oxygen atoms in total. The average molecular weight is 321 g/mol. The number of H-pyrrole nitrogens is 1. The Morgan fingerprint density at radius 1 is 1.39 bits per heavy atom. The van der Waals surface area contributed by atoms with Gasteiger partial charge in [0.25, 0.3) is 11.5 Å². The minimum absolute atomic E-state index is 0.0183. The van der Waals surface area contributed by atoms with Crippen LogP contribution >= 0.6 is 0 Å². The predicted octanol–water partition coefficient (Wildman–Crippen LogP) is 1.97. The largest absolute Gasteiger partial charge is 0.342 e. The van der Waals surface area contributed by atoms with E-state index in [-0.39, 0.29) is 37.4 Å². The first-order chi connectivity index (χ1) is 10.9. The number of halogens is 2. The zero-order valence-corrected chi connectivity index (χ0v) is 12.7. The number of carbonyl (C=O) groups excluding carboxylic acids is 1. The van der Waals surface area contributed by atoms with Crippen LogP contribution in [0.15, 0.2) is 29.1 Å². The first-order valence-electron chi connectivity index (χ1n) is 7.50. The molecule has 0 saturated carbocycles. The fraction of sp³-hybridized carbons (Fsp3) is 0.438. The second kappa shape index (κ2) is 5.72. The molecule has 0 spiro atoms. The zero-order chi connectivity index (χ0) is 16.6. The minimum Gasteiger partial charge on any atom is -0.342 e. The van der Waals surface area contributed by atoms with Crippen LogP contribution in [-0.4, -0.2) is 40.0 Å². The van der Waals surface area contributed by atoms with E-state index in [0.717, 1.165) is 0 Å². The fourth-order valence-electron chi connectivity index (χ4n) is 2.87. The van der Waals surface area contributed by atoms with Crippen LogP contribution in [0.5, 0.6) is 0 Å². The van der Waals surface area contributed by atoms with Crippen molar-refractivity contribution in [2.24, 2.45) is 5.92 Å². The Kier molecular flexibility index (Phi) is 3.87. The van der Waals surface area contributed by atoms with E-state index in [1.165, 1.54) is 11.8 Å². The van der Waals surface area contributed by atoms with Crippen LogP contribution in [0.3, 0.4) is 0 Å². The summed E-state index contributed by atoms with van der Waals surface area (Å²) in [6.45, 7) is 1.53. The first kappa shape index (κ1) is 15.6. The molecule has 1 aliphatic rings. The Labute approximate surface area is 131 Å². The maximum Gasteiger partial charge on any atom is 0.272 e. The van der Waals surface area contributed by atoms with Gasteiger partial charge in [-0.05, 0) is 6.07 Å². The number of hydrogen-bond acceptors (Lipinski definition) is 3. The highest BCUT2D eigenvalue weighted by atomic mass is 19.3. The monoisotopic (exact) mass is 321 g/mol. The van der Waals surface area contributed by atoms with Gasteiger partial charge in [0, 0.05) is 30.8 Å². The Morgan fingerprint density at radius 3 is 2.78 bits per heavy atom. The molecule has 1 saturated heterocycles. The summed E-state index contributed by atoms with van der Waals surface area (Å²) in [6.07, 6.45) is -0.338. The van der Waals surface area contributed by atoms with Crippen LogP contribution in [0.1, 0.15) is 19.0 Å². The molecule has 1 aromatic carbocycles. The lowest BCUT2D eigenvalue weighted by Crippen LogP contribution is -2.48. The standard InChI is InChI=1S/C16H17F2N3O2/c1-10-9-21(7-6-16(10,17)18)14(22)8-13-11-4-2-3-5-12(11)15(23)20-19-13/h2-5,10H,6-9H2,1H3,(H,20,23). The number of carbonyl (C=O) groups is 1. The summed E-state index contributed by atoms with van der Waals surface area (Å²) in [4.78, 5) is 25.6. The van der Waals surface area contributed by atoms with Gasteiger partial charge in [-0.15, -0.1) is 0 Å². The summed E-state index contributed by atoms with van der Waals surface area (Å²) >= 11 is 0. The molecule has 1 fully saturated rings. The average Bonchev–Trinajstić information content (AvgIpc) is 2.53. The SMILES string of the molecule is CC1CN(C(=O)Cc2n[nH]c(=O)c3ccccc23)CCC1(F)F. The third kappa shape index (κ3) is 2.95. The van der Waals surface area contributed by atoms with E-state index >= 15 is 0 Å². The van der Waals surface area contributed by atoms with Crippen LogP contribution in [0.2, 0.25) is 0 Å². The number of amides is 1. The topological polar surface area (TPSA) is 66.1 Å². The Hall–Kier alpha value is -2.31. The molecular weight excluding hydrogens is 304 g/mol. The molecule has 1 atom stereocenters. The minimum atomic E-state index is -2.72. The van der Waals surface area contributed by atoms with Crippen molar-refractivity contribution in [1.29, 1.82) is 0 Å². The molecule has 2 aromatic rings. The number of aromatic nitrogens is 2. The third-order valence-corrected chi connectivity index (χ3v) is 4.38. The lowest BCUT2D eigenvalue weighted by Gasteiger charge is -2.36. The zero-order valence-electron chi connectivity index (χ0n) is 12.7. The molecule has 0 bridgehead atoms. The summed E-state index contributed by atoms with van der Waals surface area (Å²) in [7, 11) is 0. The van der Waals surface area contributed by atoms with Gasteiger partial charge in [-0.1, -0.05) is 25.1 Å². The number of nitrogens with one attached hydrogen (secondary N) is 1. The summed E-state index contributed by atoms with van der Waals surface area (Å²) in [5.74, 6) is -3.84. The van der Waals surface area contributed by atoms with Gasteiger partial charge in [0.15, 0.2) is 0 Å². The maximum absolute atomic E-state index is 13.5. The highest BCUT2D eigenvalue weighted by Crippen LogP contribution is 2.33. The Balaban J connectivity index is 1.82. The Morgan fingerprint density at radius 2 is 2.09 bits per heavy atom. The molecule has 0 radical (unpaired) electrons. The van der Waals surface area contributed by atoms with E-state index in [9.17, 15) is 18.4 Å². The smallest absolute Gasteiger partial charge is 0.272 e. The number of rotatable bonds is 2. The van der Waals surface area contributed by atoms with Gasteiger partial charge >= 0.3 is 0 Å². The van der Waals surface area contributed by atoms with Crippen molar-refractivity contribution in [2.45, 2.75) is 25.7 Å². The van der Waals surface area contributed by atoms with Crippen LogP contribution in [-0.2, 0) is 11.2 Å². The van der Waals surface area contributed by atoms with E-state index < -0.39 is 11.8 Å². The van der Waals surface area contributed by atoms with E-state index in [1.807, 2.05) is 0 Å². The van der Waals surface area contributed by atoms with Crippen molar-refractivity contribution < 1.29 is 13.6 Å². The summed E-state index contributed by atoms with van der Waals surface area (Å²) in [6, 6.07) is 6.89. The van der Waals surface area contributed by atoms with Gasteiger partial charge in [-0.3, -0.25) is 9.59 Å². The van der Waals surface area contributed by atoms with Crippen LogP contribution < -0.4 is 5.56 Å². The summed E-state index contributed by atoms with van der Waals surface area (Å²) in [5, 5.41) is 7.41.